The lowest BCUT2D eigenvalue weighted by Gasteiger charge is -2.32. The molecule has 0 bridgehead atoms. The maximum absolute atomic E-state index is 11.7. The first-order valence-electron chi connectivity index (χ1n) is 5.77. The van der Waals surface area contributed by atoms with Crippen LogP contribution in [0.2, 0.25) is 0 Å². The highest BCUT2D eigenvalue weighted by molar-refractivity contribution is 7.15. The normalized spacial score (nSPS) is 20.1. The second-order valence-corrected chi connectivity index (χ2v) is 5.19. The quantitative estimate of drug-likeness (QED) is 0.740. The molecule has 1 aliphatic rings. The maximum Gasteiger partial charge on any atom is 0.249 e. The summed E-state index contributed by atoms with van der Waals surface area (Å²) < 4.78 is 1.77. The number of carbonyl (C=O) groups is 2. The third kappa shape index (κ3) is 1.80. The van der Waals surface area contributed by atoms with E-state index >= 15 is 0 Å². The Kier molecular flexibility index (Phi) is 2.76. The Morgan fingerprint density at radius 3 is 3.11 bits per heavy atom. The van der Waals surface area contributed by atoms with E-state index < -0.39 is 6.04 Å². The van der Waals surface area contributed by atoms with E-state index in [-0.39, 0.29) is 25.0 Å². The Labute approximate surface area is 112 Å². The van der Waals surface area contributed by atoms with Crippen LogP contribution in [0.25, 0.3) is 4.96 Å². The smallest absolute Gasteiger partial charge is 0.249 e. The van der Waals surface area contributed by atoms with E-state index in [0.29, 0.717) is 11.5 Å². The molecule has 1 fully saturated rings. The highest BCUT2D eigenvalue weighted by Gasteiger charge is 2.33. The van der Waals surface area contributed by atoms with Gasteiger partial charge in [0.05, 0.1) is 18.8 Å². The lowest BCUT2D eigenvalue weighted by molar-refractivity contribution is -0.132. The number of anilines is 1. The standard InChI is InChI=1S/C11H12N4O3S/c1-6-10(18)12-8(17)4-15(6)9-7(5-16)14-2-3-19-11(14)13-9/h2-3,6,16H,4-5H2,1H3,(H,12,17,18). The molecule has 2 N–H and O–H groups in total. The lowest BCUT2D eigenvalue weighted by Crippen LogP contribution is -2.57. The molecule has 0 aliphatic carbocycles. The number of imide groups is 1. The molecule has 2 aromatic heterocycles. The van der Waals surface area contributed by atoms with Gasteiger partial charge in [0.25, 0.3) is 0 Å². The minimum Gasteiger partial charge on any atom is -0.390 e. The number of aromatic nitrogens is 2. The molecular formula is C11H12N4O3S. The van der Waals surface area contributed by atoms with Crippen LogP contribution in [-0.2, 0) is 16.2 Å². The zero-order valence-electron chi connectivity index (χ0n) is 10.2. The summed E-state index contributed by atoms with van der Waals surface area (Å²) in [6.07, 6.45) is 1.80. The van der Waals surface area contributed by atoms with Crippen LogP contribution >= 0.6 is 11.3 Å². The van der Waals surface area contributed by atoms with Crippen molar-refractivity contribution in [1.29, 1.82) is 0 Å². The third-order valence-corrected chi connectivity index (χ3v) is 3.94. The zero-order valence-corrected chi connectivity index (χ0v) is 11.0. The van der Waals surface area contributed by atoms with Crippen molar-refractivity contribution in [2.75, 3.05) is 11.4 Å². The average molecular weight is 280 g/mol. The van der Waals surface area contributed by atoms with E-state index in [1.165, 1.54) is 11.3 Å². The molecule has 8 heteroatoms. The van der Waals surface area contributed by atoms with Crippen LogP contribution in [0.3, 0.4) is 0 Å². The molecule has 0 spiro atoms. The number of imidazole rings is 1. The number of aliphatic hydroxyl groups is 1. The van der Waals surface area contributed by atoms with Gasteiger partial charge in [-0.15, -0.1) is 11.3 Å². The van der Waals surface area contributed by atoms with Crippen molar-refractivity contribution < 1.29 is 14.7 Å². The van der Waals surface area contributed by atoms with Crippen LogP contribution in [0.5, 0.6) is 0 Å². The Balaban J connectivity index is 2.09. The van der Waals surface area contributed by atoms with Crippen LogP contribution in [0.4, 0.5) is 5.82 Å². The molecule has 0 radical (unpaired) electrons. The van der Waals surface area contributed by atoms with E-state index in [0.717, 1.165) is 4.96 Å². The molecule has 1 aliphatic heterocycles. The molecule has 19 heavy (non-hydrogen) atoms. The summed E-state index contributed by atoms with van der Waals surface area (Å²) in [7, 11) is 0. The molecule has 0 saturated carbocycles. The van der Waals surface area contributed by atoms with Crippen LogP contribution < -0.4 is 10.2 Å². The lowest BCUT2D eigenvalue weighted by atomic mass is 10.2. The first-order chi connectivity index (χ1) is 9.11. The largest absolute Gasteiger partial charge is 0.390 e. The Morgan fingerprint density at radius 1 is 1.58 bits per heavy atom. The predicted octanol–water partition coefficient (Wildman–Crippen LogP) is -0.261. The summed E-state index contributed by atoms with van der Waals surface area (Å²) in [5, 5.41) is 13.6. The Hall–Kier alpha value is -1.93. The number of aliphatic hydroxyl groups excluding tert-OH is 1. The molecule has 1 saturated heterocycles. The Bertz CT molecular complexity index is 662. The number of nitrogens with one attached hydrogen (secondary N) is 1. The molecular weight excluding hydrogens is 268 g/mol. The summed E-state index contributed by atoms with van der Waals surface area (Å²) >= 11 is 1.43. The highest BCUT2D eigenvalue weighted by atomic mass is 32.1. The monoisotopic (exact) mass is 280 g/mol. The van der Waals surface area contributed by atoms with Gasteiger partial charge in [-0.1, -0.05) is 0 Å². The van der Waals surface area contributed by atoms with Gasteiger partial charge in [0.2, 0.25) is 11.8 Å². The first-order valence-corrected chi connectivity index (χ1v) is 6.65. The fourth-order valence-electron chi connectivity index (χ4n) is 2.17. The van der Waals surface area contributed by atoms with Crippen LogP contribution in [0.15, 0.2) is 11.6 Å². The van der Waals surface area contributed by atoms with E-state index in [9.17, 15) is 14.7 Å². The van der Waals surface area contributed by atoms with E-state index in [1.54, 1.807) is 22.4 Å². The molecule has 1 atom stereocenters. The number of carbonyl (C=O) groups excluding carboxylic acids is 2. The molecule has 7 nitrogen and oxygen atoms in total. The molecule has 1 unspecified atom stereocenters. The van der Waals surface area contributed by atoms with Gasteiger partial charge in [-0.05, 0) is 6.92 Å². The van der Waals surface area contributed by atoms with Gasteiger partial charge in [-0.3, -0.25) is 19.3 Å². The van der Waals surface area contributed by atoms with Crippen molar-refractivity contribution in [3.05, 3.63) is 17.3 Å². The van der Waals surface area contributed by atoms with Crippen molar-refractivity contribution in [3.63, 3.8) is 0 Å². The fourth-order valence-corrected chi connectivity index (χ4v) is 2.90. The number of piperazine rings is 1. The van der Waals surface area contributed by atoms with Gasteiger partial charge >= 0.3 is 0 Å². The average Bonchev–Trinajstić information content (AvgIpc) is 2.93. The molecule has 3 heterocycles. The molecule has 100 valence electrons. The molecule has 0 aromatic carbocycles. The van der Waals surface area contributed by atoms with Crippen molar-refractivity contribution >= 4 is 33.9 Å². The summed E-state index contributed by atoms with van der Waals surface area (Å²) in [5.74, 6) is -0.218. The van der Waals surface area contributed by atoms with Gasteiger partial charge in [-0.2, -0.15) is 0 Å². The number of fused-ring (bicyclic) bond motifs is 1. The molecule has 3 rings (SSSR count). The van der Waals surface area contributed by atoms with Crippen molar-refractivity contribution in [1.82, 2.24) is 14.7 Å². The maximum atomic E-state index is 11.7. The number of rotatable bonds is 2. The van der Waals surface area contributed by atoms with Gasteiger partial charge < -0.3 is 10.0 Å². The number of thiazole rings is 1. The van der Waals surface area contributed by atoms with Crippen LogP contribution in [0, 0.1) is 0 Å². The first kappa shape index (κ1) is 12.1. The Morgan fingerprint density at radius 2 is 2.37 bits per heavy atom. The van der Waals surface area contributed by atoms with E-state index in [2.05, 4.69) is 10.3 Å². The summed E-state index contributed by atoms with van der Waals surface area (Å²) in [6.45, 7) is 1.56. The number of nitrogens with zero attached hydrogens (tertiary/aromatic N) is 3. The summed E-state index contributed by atoms with van der Waals surface area (Å²) in [5.41, 5.74) is 0.589. The summed E-state index contributed by atoms with van der Waals surface area (Å²) in [6, 6.07) is -0.493. The predicted molar refractivity (Wildman–Crippen MR) is 68.9 cm³/mol. The van der Waals surface area contributed by atoms with Gasteiger partial charge in [0, 0.05) is 11.6 Å². The SMILES string of the molecule is CC1C(=O)NC(=O)CN1c1nc2sccn2c1CO. The molecule has 2 amide bonds. The molecule has 2 aromatic rings. The van der Waals surface area contributed by atoms with Crippen molar-refractivity contribution in [3.8, 4) is 0 Å². The van der Waals surface area contributed by atoms with Crippen LogP contribution in [0.1, 0.15) is 12.6 Å². The van der Waals surface area contributed by atoms with E-state index in [1.807, 2.05) is 5.38 Å². The minimum atomic E-state index is -0.493. The van der Waals surface area contributed by atoms with E-state index in [4.69, 9.17) is 0 Å². The van der Waals surface area contributed by atoms with Gasteiger partial charge in [0.1, 0.15) is 6.04 Å². The summed E-state index contributed by atoms with van der Waals surface area (Å²) in [4.78, 5) is 29.9. The van der Waals surface area contributed by atoms with Gasteiger partial charge in [-0.25, -0.2) is 4.98 Å². The fraction of sp³-hybridized carbons (Fsp3) is 0.364. The number of hydrogen-bond donors (Lipinski definition) is 2. The second-order valence-electron chi connectivity index (χ2n) is 4.31. The number of amides is 2. The van der Waals surface area contributed by atoms with Crippen molar-refractivity contribution in [2.45, 2.75) is 19.6 Å². The zero-order chi connectivity index (χ0) is 13.6. The minimum absolute atomic E-state index is 0.0603. The number of hydrogen-bond acceptors (Lipinski definition) is 6. The second kappa shape index (κ2) is 4.32. The highest BCUT2D eigenvalue weighted by Crippen LogP contribution is 2.27. The van der Waals surface area contributed by atoms with Crippen molar-refractivity contribution in [2.24, 2.45) is 0 Å². The van der Waals surface area contributed by atoms with Gasteiger partial charge in [0.15, 0.2) is 10.8 Å². The third-order valence-electron chi connectivity index (χ3n) is 3.19. The topological polar surface area (TPSA) is 86.9 Å². The van der Waals surface area contributed by atoms with Crippen LogP contribution in [-0.4, -0.2) is 38.9 Å².